The highest BCUT2D eigenvalue weighted by molar-refractivity contribution is 5.76. The lowest BCUT2D eigenvalue weighted by molar-refractivity contribution is -0.143. The number of carboxylic acid groups (broad SMARTS) is 1. The van der Waals surface area contributed by atoms with Gasteiger partial charge in [0, 0.05) is 11.3 Å². The SMILES string of the molecule is Cc1nn(CC(F)(F)F)c(C)c1[C@H](C)C(=O)O. The molecular formula is C10H13F3N2O2. The van der Waals surface area contributed by atoms with Crippen LogP contribution in [0.15, 0.2) is 0 Å². The number of rotatable bonds is 3. The minimum Gasteiger partial charge on any atom is -0.481 e. The summed E-state index contributed by atoms with van der Waals surface area (Å²) in [5.74, 6) is -1.94. The molecule has 7 heteroatoms. The molecule has 0 aliphatic rings. The Bertz CT molecular complexity index is 437. The molecule has 96 valence electrons. The maximum Gasteiger partial charge on any atom is 0.408 e. The minimum absolute atomic E-state index is 0.245. The quantitative estimate of drug-likeness (QED) is 0.895. The van der Waals surface area contributed by atoms with Crippen LogP contribution < -0.4 is 0 Å². The van der Waals surface area contributed by atoms with Crippen LogP contribution in [0.4, 0.5) is 13.2 Å². The summed E-state index contributed by atoms with van der Waals surface area (Å²) in [5, 5.41) is 12.6. The van der Waals surface area contributed by atoms with Gasteiger partial charge in [0.1, 0.15) is 6.54 Å². The third-order valence-electron chi connectivity index (χ3n) is 2.57. The highest BCUT2D eigenvalue weighted by Gasteiger charge is 2.31. The number of aryl methyl sites for hydroxylation is 1. The average Bonchev–Trinajstić information content (AvgIpc) is 2.38. The molecule has 0 saturated carbocycles. The number of halogens is 3. The molecule has 1 aromatic rings. The van der Waals surface area contributed by atoms with Gasteiger partial charge in [-0.15, -0.1) is 0 Å². The average molecular weight is 250 g/mol. The van der Waals surface area contributed by atoms with Crippen LogP contribution in [0.5, 0.6) is 0 Å². The molecule has 17 heavy (non-hydrogen) atoms. The van der Waals surface area contributed by atoms with Gasteiger partial charge in [-0.2, -0.15) is 18.3 Å². The van der Waals surface area contributed by atoms with Crippen LogP contribution in [-0.4, -0.2) is 27.0 Å². The maximum absolute atomic E-state index is 12.2. The van der Waals surface area contributed by atoms with Crippen LogP contribution in [0, 0.1) is 13.8 Å². The summed E-state index contributed by atoms with van der Waals surface area (Å²) >= 11 is 0. The number of aliphatic carboxylic acids is 1. The van der Waals surface area contributed by atoms with Crippen LogP contribution in [0.25, 0.3) is 0 Å². The van der Waals surface area contributed by atoms with Crippen molar-refractivity contribution in [3.05, 3.63) is 17.0 Å². The van der Waals surface area contributed by atoms with E-state index in [9.17, 15) is 18.0 Å². The Morgan fingerprint density at radius 3 is 2.41 bits per heavy atom. The Morgan fingerprint density at radius 1 is 1.47 bits per heavy atom. The van der Waals surface area contributed by atoms with Gasteiger partial charge in [-0.05, 0) is 20.8 Å². The van der Waals surface area contributed by atoms with Crippen molar-refractivity contribution >= 4 is 5.97 Å². The molecule has 0 saturated heterocycles. The van der Waals surface area contributed by atoms with Crippen molar-refractivity contribution in [3.63, 3.8) is 0 Å². The Kier molecular flexibility index (Phi) is 3.49. The Labute approximate surface area is 96.0 Å². The van der Waals surface area contributed by atoms with Crippen molar-refractivity contribution in [2.24, 2.45) is 0 Å². The second kappa shape index (κ2) is 4.38. The summed E-state index contributed by atoms with van der Waals surface area (Å²) in [6.45, 7) is 3.18. The van der Waals surface area contributed by atoms with E-state index >= 15 is 0 Å². The van der Waals surface area contributed by atoms with E-state index in [2.05, 4.69) is 5.10 Å². The monoisotopic (exact) mass is 250 g/mol. The molecule has 0 aliphatic carbocycles. The van der Waals surface area contributed by atoms with Gasteiger partial charge in [0.05, 0.1) is 11.6 Å². The largest absolute Gasteiger partial charge is 0.481 e. The Morgan fingerprint density at radius 2 is 2.00 bits per heavy atom. The molecule has 0 aromatic carbocycles. The van der Waals surface area contributed by atoms with Crippen LogP contribution in [0.3, 0.4) is 0 Å². The molecule has 0 radical (unpaired) electrons. The van der Waals surface area contributed by atoms with Crippen molar-refractivity contribution in [2.45, 2.75) is 39.4 Å². The Balaban J connectivity index is 3.14. The fraction of sp³-hybridized carbons (Fsp3) is 0.600. The van der Waals surface area contributed by atoms with Crippen molar-refractivity contribution in [3.8, 4) is 0 Å². The van der Waals surface area contributed by atoms with Gasteiger partial charge in [-0.1, -0.05) is 0 Å². The topological polar surface area (TPSA) is 55.1 Å². The standard InChI is InChI=1S/C10H13F3N2O2/c1-5(9(16)17)8-6(2)14-15(7(8)3)4-10(11,12)13/h5H,4H2,1-3H3,(H,16,17)/t5-/m0/s1. The van der Waals surface area contributed by atoms with Crippen molar-refractivity contribution in [1.29, 1.82) is 0 Å². The van der Waals surface area contributed by atoms with Crippen LogP contribution in [0.1, 0.15) is 29.8 Å². The number of nitrogens with zero attached hydrogens (tertiary/aromatic N) is 2. The van der Waals surface area contributed by atoms with E-state index < -0.39 is 24.6 Å². The summed E-state index contributed by atoms with van der Waals surface area (Å²) in [6.07, 6.45) is -4.37. The molecule has 1 rings (SSSR count). The fourth-order valence-electron chi connectivity index (χ4n) is 1.78. The van der Waals surface area contributed by atoms with Gasteiger partial charge < -0.3 is 5.11 Å². The second-order valence-electron chi connectivity index (χ2n) is 3.92. The minimum atomic E-state index is -4.37. The Hall–Kier alpha value is -1.53. The van der Waals surface area contributed by atoms with E-state index in [1.165, 1.54) is 20.8 Å². The molecule has 0 fully saturated rings. The molecule has 4 nitrogen and oxygen atoms in total. The molecular weight excluding hydrogens is 237 g/mol. The number of carbonyl (C=O) groups is 1. The lowest BCUT2D eigenvalue weighted by atomic mass is 9.99. The second-order valence-corrected chi connectivity index (χ2v) is 3.92. The fourth-order valence-corrected chi connectivity index (χ4v) is 1.78. The molecule has 1 N–H and O–H groups in total. The molecule has 0 unspecified atom stereocenters. The zero-order valence-electron chi connectivity index (χ0n) is 9.67. The number of carboxylic acids is 1. The number of hydrogen-bond acceptors (Lipinski definition) is 2. The summed E-state index contributed by atoms with van der Waals surface area (Å²) in [5.41, 5.74) is 0.915. The first-order valence-corrected chi connectivity index (χ1v) is 4.97. The first-order chi connectivity index (χ1) is 7.63. The number of aromatic nitrogens is 2. The van der Waals surface area contributed by atoms with E-state index in [0.29, 0.717) is 11.3 Å². The van der Waals surface area contributed by atoms with Gasteiger partial charge in [-0.25, -0.2) is 0 Å². The van der Waals surface area contributed by atoms with Gasteiger partial charge in [0.2, 0.25) is 0 Å². The van der Waals surface area contributed by atoms with E-state index in [1.807, 2.05) is 0 Å². The molecule has 1 aromatic heterocycles. The van der Waals surface area contributed by atoms with Crippen molar-refractivity contribution in [2.75, 3.05) is 0 Å². The summed E-state index contributed by atoms with van der Waals surface area (Å²) < 4.78 is 37.5. The highest BCUT2D eigenvalue weighted by atomic mass is 19.4. The summed E-state index contributed by atoms with van der Waals surface area (Å²) in [7, 11) is 0. The van der Waals surface area contributed by atoms with Crippen LogP contribution in [-0.2, 0) is 11.3 Å². The van der Waals surface area contributed by atoms with E-state index in [4.69, 9.17) is 5.11 Å². The zero-order chi connectivity index (χ0) is 13.4. The first-order valence-electron chi connectivity index (χ1n) is 4.97. The third-order valence-corrected chi connectivity index (χ3v) is 2.57. The predicted octanol–water partition coefficient (Wildman–Crippen LogP) is 2.25. The van der Waals surface area contributed by atoms with Crippen LogP contribution in [0.2, 0.25) is 0 Å². The van der Waals surface area contributed by atoms with E-state index in [0.717, 1.165) is 4.68 Å². The highest BCUT2D eigenvalue weighted by Crippen LogP contribution is 2.26. The molecule has 1 atom stereocenters. The number of alkyl halides is 3. The van der Waals surface area contributed by atoms with E-state index in [1.54, 1.807) is 0 Å². The molecule has 0 bridgehead atoms. The van der Waals surface area contributed by atoms with Gasteiger partial charge in [0.15, 0.2) is 0 Å². The normalized spacial score (nSPS) is 13.8. The molecule has 0 aliphatic heterocycles. The molecule has 0 amide bonds. The van der Waals surface area contributed by atoms with Gasteiger partial charge in [0.25, 0.3) is 0 Å². The zero-order valence-corrected chi connectivity index (χ0v) is 9.67. The first kappa shape index (κ1) is 13.5. The third kappa shape index (κ3) is 2.98. The van der Waals surface area contributed by atoms with Crippen molar-refractivity contribution in [1.82, 2.24) is 9.78 Å². The summed E-state index contributed by atoms with van der Waals surface area (Å²) in [6, 6.07) is 0. The lowest BCUT2D eigenvalue weighted by Crippen LogP contribution is -2.20. The predicted molar refractivity (Wildman–Crippen MR) is 53.8 cm³/mol. The van der Waals surface area contributed by atoms with Gasteiger partial charge >= 0.3 is 12.1 Å². The molecule has 0 spiro atoms. The van der Waals surface area contributed by atoms with Crippen molar-refractivity contribution < 1.29 is 23.1 Å². The van der Waals surface area contributed by atoms with E-state index in [-0.39, 0.29) is 5.69 Å². The van der Waals surface area contributed by atoms with Gasteiger partial charge in [-0.3, -0.25) is 9.48 Å². The molecule has 1 heterocycles. The summed E-state index contributed by atoms with van der Waals surface area (Å²) in [4.78, 5) is 10.8. The lowest BCUT2D eigenvalue weighted by Gasteiger charge is -2.10. The number of hydrogen-bond donors (Lipinski definition) is 1. The van der Waals surface area contributed by atoms with Crippen LogP contribution >= 0.6 is 0 Å². The smallest absolute Gasteiger partial charge is 0.408 e. The maximum atomic E-state index is 12.2.